The topological polar surface area (TPSA) is 170 Å². The van der Waals surface area contributed by atoms with Crippen molar-refractivity contribution in [3.8, 4) is 5.75 Å². The summed E-state index contributed by atoms with van der Waals surface area (Å²) in [6.45, 7) is -0.0952. The van der Waals surface area contributed by atoms with E-state index in [2.05, 4.69) is 20.4 Å². The molecule has 3 aromatic rings. The maximum atomic E-state index is 12.7. The Morgan fingerprint density at radius 3 is 2.25 bits per heavy atom. The molecule has 2 aromatic carbocycles. The fraction of sp³-hybridized carbons (Fsp3) is 0.192. The highest BCUT2D eigenvalue weighted by molar-refractivity contribution is 7.90. The lowest BCUT2D eigenvalue weighted by Gasteiger charge is -2.10. The molecule has 12 nitrogen and oxygen atoms in total. The fourth-order valence-electron chi connectivity index (χ4n) is 3.27. The molecule has 3 N–H and O–H groups in total. The SMILES string of the molecule is COC(=O)CNC(=O)c1ccc(C(=O)NS(=O)(=O)c2ccc(CCNC(=O)c3cc(OC)ccc3Cl)cc2)cn1. The third kappa shape index (κ3) is 8.01. The number of rotatable bonds is 11. The van der Waals surface area contributed by atoms with E-state index >= 15 is 0 Å². The van der Waals surface area contributed by atoms with Gasteiger partial charge in [0.15, 0.2) is 0 Å². The zero-order chi connectivity index (χ0) is 29.3. The van der Waals surface area contributed by atoms with Crippen LogP contribution in [-0.2, 0) is 26.0 Å². The van der Waals surface area contributed by atoms with E-state index in [0.717, 1.165) is 11.8 Å². The van der Waals surface area contributed by atoms with Gasteiger partial charge in [-0.05, 0) is 54.4 Å². The molecule has 0 unspecified atom stereocenters. The van der Waals surface area contributed by atoms with E-state index < -0.39 is 27.8 Å². The highest BCUT2D eigenvalue weighted by atomic mass is 35.5. The van der Waals surface area contributed by atoms with Crippen LogP contribution in [0.3, 0.4) is 0 Å². The number of carbonyl (C=O) groups is 4. The van der Waals surface area contributed by atoms with Crippen LogP contribution < -0.4 is 20.1 Å². The van der Waals surface area contributed by atoms with Crippen LogP contribution in [-0.4, -0.2) is 64.4 Å². The summed E-state index contributed by atoms with van der Waals surface area (Å²) in [7, 11) is -1.55. The number of ether oxygens (including phenoxy) is 2. The van der Waals surface area contributed by atoms with Crippen LogP contribution in [0.2, 0.25) is 5.02 Å². The summed E-state index contributed by atoms with van der Waals surface area (Å²) in [5, 5.41) is 5.32. The standard InChI is InChI=1S/C26H25ClN4O8S/c1-38-18-6-9-21(27)20(13-18)25(34)28-12-11-16-3-7-19(8-4-16)40(36,37)31-24(33)17-5-10-22(29-14-17)26(35)30-15-23(32)39-2/h3-10,13-14H,11-12,15H2,1-2H3,(H,28,34)(H,30,35)(H,31,33). The first-order valence-electron chi connectivity index (χ1n) is 11.6. The van der Waals surface area contributed by atoms with Gasteiger partial charge in [-0.1, -0.05) is 23.7 Å². The van der Waals surface area contributed by atoms with Gasteiger partial charge >= 0.3 is 5.97 Å². The summed E-state index contributed by atoms with van der Waals surface area (Å²) in [5.41, 5.74) is 0.829. The summed E-state index contributed by atoms with van der Waals surface area (Å²) in [6, 6.07) is 13.0. The van der Waals surface area contributed by atoms with Crippen molar-refractivity contribution in [2.24, 2.45) is 0 Å². The van der Waals surface area contributed by atoms with Gasteiger partial charge in [-0.3, -0.25) is 24.2 Å². The Morgan fingerprint density at radius 2 is 1.62 bits per heavy atom. The predicted octanol–water partition coefficient (Wildman–Crippen LogP) is 1.74. The molecule has 210 valence electrons. The minimum atomic E-state index is -4.21. The maximum Gasteiger partial charge on any atom is 0.325 e. The van der Waals surface area contributed by atoms with Crippen LogP contribution in [0.5, 0.6) is 5.75 Å². The second-order valence-corrected chi connectivity index (χ2v) is 10.2. The molecule has 40 heavy (non-hydrogen) atoms. The van der Waals surface area contributed by atoms with Gasteiger partial charge < -0.3 is 20.1 Å². The Bertz CT molecular complexity index is 1510. The number of methoxy groups -OCH3 is 2. The van der Waals surface area contributed by atoms with Crippen molar-refractivity contribution >= 4 is 45.3 Å². The molecular weight excluding hydrogens is 564 g/mol. The molecule has 1 aromatic heterocycles. The van der Waals surface area contributed by atoms with Crippen LogP contribution in [0.15, 0.2) is 65.7 Å². The molecule has 0 saturated carbocycles. The number of esters is 1. The van der Waals surface area contributed by atoms with E-state index in [9.17, 15) is 27.6 Å². The second-order valence-electron chi connectivity index (χ2n) is 8.12. The second kappa shape index (κ2) is 13.5. The van der Waals surface area contributed by atoms with Gasteiger partial charge in [-0.25, -0.2) is 13.1 Å². The Labute approximate surface area is 235 Å². The van der Waals surface area contributed by atoms with Crippen molar-refractivity contribution < 1.29 is 37.1 Å². The van der Waals surface area contributed by atoms with Crippen LogP contribution in [0.25, 0.3) is 0 Å². The highest BCUT2D eigenvalue weighted by Crippen LogP contribution is 2.22. The van der Waals surface area contributed by atoms with Gasteiger partial charge in [-0.2, -0.15) is 0 Å². The average Bonchev–Trinajstić information content (AvgIpc) is 2.96. The summed E-state index contributed by atoms with van der Waals surface area (Å²) < 4.78 is 36.8. The Balaban J connectivity index is 1.55. The van der Waals surface area contributed by atoms with E-state index in [1.54, 1.807) is 24.3 Å². The number of sulfonamides is 1. The van der Waals surface area contributed by atoms with Gasteiger partial charge in [0.2, 0.25) is 0 Å². The number of nitrogens with zero attached hydrogens (tertiary/aromatic N) is 1. The maximum absolute atomic E-state index is 12.7. The third-order valence-electron chi connectivity index (χ3n) is 5.46. The normalized spacial score (nSPS) is 10.8. The van der Waals surface area contributed by atoms with Gasteiger partial charge in [0.25, 0.3) is 27.7 Å². The molecule has 0 fully saturated rings. The van der Waals surface area contributed by atoms with Crippen LogP contribution in [0.4, 0.5) is 0 Å². The van der Waals surface area contributed by atoms with Crippen molar-refractivity contribution in [3.05, 3.63) is 88.2 Å². The van der Waals surface area contributed by atoms with E-state index in [0.29, 0.717) is 12.2 Å². The zero-order valence-corrected chi connectivity index (χ0v) is 23.0. The first-order valence-corrected chi connectivity index (χ1v) is 13.5. The van der Waals surface area contributed by atoms with Crippen molar-refractivity contribution in [1.29, 1.82) is 0 Å². The van der Waals surface area contributed by atoms with Crippen molar-refractivity contribution in [1.82, 2.24) is 20.3 Å². The van der Waals surface area contributed by atoms with Crippen LogP contribution in [0.1, 0.15) is 36.8 Å². The lowest BCUT2D eigenvalue weighted by molar-refractivity contribution is -0.139. The minimum Gasteiger partial charge on any atom is -0.497 e. The Hall–Kier alpha value is -4.49. The molecule has 0 spiro atoms. The fourth-order valence-corrected chi connectivity index (χ4v) is 4.45. The van der Waals surface area contributed by atoms with Crippen LogP contribution in [0, 0.1) is 0 Å². The van der Waals surface area contributed by atoms with Crippen molar-refractivity contribution in [2.75, 3.05) is 27.3 Å². The molecular formula is C26H25ClN4O8S. The monoisotopic (exact) mass is 588 g/mol. The molecule has 0 aliphatic rings. The van der Waals surface area contributed by atoms with Crippen molar-refractivity contribution in [3.63, 3.8) is 0 Å². The minimum absolute atomic E-state index is 0.0818. The molecule has 0 atom stereocenters. The van der Waals surface area contributed by atoms with Crippen LogP contribution >= 0.6 is 11.6 Å². The Kier molecular flexibility index (Phi) is 10.2. The largest absolute Gasteiger partial charge is 0.497 e. The van der Waals surface area contributed by atoms with E-state index in [4.69, 9.17) is 16.3 Å². The first kappa shape index (κ1) is 30.1. The summed E-state index contributed by atoms with van der Waals surface area (Å²) in [5.74, 6) is -2.16. The molecule has 0 radical (unpaired) electrons. The van der Waals surface area contributed by atoms with E-state index in [-0.39, 0.29) is 45.7 Å². The number of benzene rings is 2. The lowest BCUT2D eigenvalue weighted by atomic mass is 10.1. The molecule has 3 rings (SSSR count). The van der Waals surface area contributed by atoms with Gasteiger partial charge in [-0.15, -0.1) is 0 Å². The van der Waals surface area contributed by atoms with E-state index in [1.165, 1.54) is 44.6 Å². The average molecular weight is 589 g/mol. The number of amides is 3. The molecule has 14 heteroatoms. The number of nitrogens with one attached hydrogen (secondary N) is 3. The Morgan fingerprint density at radius 1 is 0.900 bits per heavy atom. The van der Waals surface area contributed by atoms with Crippen molar-refractivity contribution in [2.45, 2.75) is 11.3 Å². The number of halogens is 1. The van der Waals surface area contributed by atoms with Gasteiger partial charge in [0.1, 0.15) is 18.0 Å². The summed E-state index contributed by atoms with van der Waals surface area (Å²) in [4.78, 5) is 51.7. The molecule has 0 saturated heterocycles. The molecule has 3 amide bonds. The number of carbonyl (C=O) groups excluding carboxylic acids is 4. The summed E-state index contributed by atoms with van der Waals surface area (Å²) in [6.07, 6.45) is 1.44. The number of hydrogen-bond donors (Lipinski definition) is 3. The molecule has 0 aliphatic heterocycles. The quantitative estimate of drug-likeness (QED) is 0.282. The molecule has 1 heterocycles. The number of hydrogen-bond acceptors (Lipinski definition) is 9. The van der Waals surface area contributed by atoms with Gasteiger partial charge in [0, 0.05) is 12.7 Å². The molecule has 0 bridgehead atoms. The lowest BCUT2D eigenvalue weighted by Crippen LogP contribution is -2.32. The number of aromatic nitrogens is 1. The number of pyridine rings is 1. The molecule has 0 aliphatic carbocycles. The first-order chi connectivity index (χ1) is 19.0. The van der Waals surface area contributed by atoms with Gasteiger partial charge in [0.05, 0.1) is 35.3 Å². The third-order valence-corrected chi connectivity index (χ3v) is 7.13. The highest BCUT2D eigenvalue weighted by Gasteiger charge is 2.20. The summed E-state index contributed by atoms with van der Waals surface area (Å²) >= 11 is 6.09. The zero-order valence-electron chi connectivity index (χ0n) is 21.4. The smallest absolute Gasteiger partial charge is 0.325 e. The van der Waals surface area contributed by atoms with E-state index in [1.807, 2.05) is 4.72 Å². The predicted molar refractivity (Wildman–Crippen MR) is 144 cm³/mol.